The summed E-state index contributed by atoms with van der Waals surface area (Å²) in [5.41, 5.74) is -0.0544. The third-order valence-corrected chi connectivity index (χ3v) is 1.59. The van der Waals surface area contributed by atoms with Gasteiger partial charge in [-0.15, -0.1) is 5.10 Å². The second-order valence-corrected chi connectivity index (χ2v) is 2.49. The lowest BCUT2D eigenvalue weighted by Crippen LogP contribution is -2.15. The molecular formula is C6H8N4O4. The second-order valence-electron chi connectivity index (χ2n) is 2.49. The molecule has 0 saturated carbocycles. The average Bonchev–Trinajstić information content (AvgIpc) is 2.64. The molecule has 1 unspecified atom stereocenters. The van der Waals surface area contributed by atoms with Crippen LogP contribution in [0.3, 0.4) is 0 Å². The highest BCUT2D eigenvalue weighted by Gasteiger charge is 2.19. The van der Waals surface area contributed by atoms with Crippen LogP contribution in [0.2, 0.25) is 0 Å². The number of nitro groups is 1. The Kier molecular flexibility index (Phi) is 2.75. The third-order valence-electron chi connectivity index (χ3n) is 1.59. The van der Waals surface area contributed by atoms with Gasteiger partial charge in [0.2, 0.25) is 0 Å². The zero-order valence-electron chi connectivity index (χ0n) is 7.58. The van der Waals surface area contributed by atoms with Gasteiger partial charge in [-0.05, 0) is 0 Å². The van der Waals surface area contributed by atoms with E-state index in [0.717, 1.165) is 4.68 Å². The van der Waals surface area contributed by atoms with Gasteiger partial charge in [-0.3, -0.25) is 10.1 Å². The molecule has 0 bridgehead atoms. The maximum Gasteiger partial charge on any atom is 0.360 e. The van der Waals surface area contributed by atoms with Crippen molar-refractivity contribution < 1.29 is 14.5 Å². The lowest BCUT2D eigenvalue weighted by molar-refractivity contribution is -0.545. The first-order valence-electron chi connectivity index (χ1n) is 3.70. The minimum atomic E-state index is -1.05. The summed E-state index contributed by atoms with van der Waals surface area (Å²) < 4.78 is 5.34. The summed E-state index contributed by atoms with van der Waals surface area (Å²) in [5.74, 6) is -0.674. The van der Waals surface area contributed by atoms with Crippen LogP contribution in [0, 0.1) is 10.1 Å². The fourth-order valence-electron chi connectivity index (χ4n) is 0.754. The van der Waals surface area contributed by atoms with Crippen molar-refractivity contribution in [3.05, 3.63) is 22.0 Å². The van der Waals surface area contributed by atoms with Crippen LogP contribution in [0.4, 0.5) is 0 Å². The molecule has 0 saturated heterocycles. The summed E-state index contributed by atoms with van der Waals surface area (Å²) in [5, 5.41) is 17.2. The lowest BCUT2D eigenvalue weighted by atomic mass is 10.5. The number of carbonyl (C=O) groups is 1. The number of esters is 1. The number of methoxy groups -OCH3 is 1. The largest absolute Gasteiger partial charge is 0.464 e. The molecule has 1 heterocycles. The van der Waals surface area contributed by atoms with E-state index in [9.17, 15) is 14.9 Å². The first kappa shape index (κ1) is 10.1. The van der Waals surface area contributed by atoms with Crippen LogP contribution in [-0.2, 0) is 4.74 Å². The van der Waals surface area contributed by atoms with Gasteiger partial charge in [0.15, 0.2) is 5.69 Å². The molecule has 1 rings (SSSR count). The molecule has 1 atom stereocenters. The molecule has 8 heteroatoms. The minimum Gasteiger partial charge on any atom is -0.464 e. The maximum atomic E-state index is 10.9. The van der Waals surface area contributed by atoms with Gasteiger partial charge < -0.3 is 4.74 Å². The molecule has 0 aliphatic carbocycles. The van der Waals surface area contributed by atoms with E-state index in [1.807, 2.05) is 0 Å². The summed E-state index contributed by atoms with van der Waals surface area (Å²) in [6.07, 6.45) is 0.111. The minimum absolute atomic E-state index is 0.0544. The van der Waals surface area contributed by atoms with Crippen molar-refractivity contribution >= 4 is 5.97 Å². The highest BCUT2D eigenvalue weighted by Crippen LogP contribution is 2.05. The van der Waals surface area contributed by atoms with Gasteiger partial charge >= 0.3 is 12.1 Å². The third kappa shape index (κ3) is 1.84. The van der Waals surface area contributed by atoms with Gasteiger partial charge in [-0.25, -0.2) is 4.79 Å². The number of hydrogen-bond acceptors (Lipinski definition) is 6. The van der Waals surface area contributed by atoms with Gasteiger partial charge in [0.1, 0.15) is 0 Å². The highest BCUT2D eigenvalue weighted by molar-refractivity contribution is 5.86. The molecule has 76 valence electrons. The van der Waals surface area contributed by atoms with Crippen LogP contribution in [0.15, 0.2) is 6.20 Å². The van der Waals surface area contributed by atoms with Crippen LogP contribution in [-0.4, -0.2) is 33.0 Å². The Bertz CT molecular complexity index is 360. The van der Waals surface area contributed by atoms with E-state index in [0.29, 0.717) is 0 Å². The SMILES string of the molecule is COC(=O)c1cn(C(C)[N+](=O)[O-])nn1. The van der Waals surface area contributed by atoms with Crippen LogP contribution >= 0.6 is 0 Å². The molecule has 0 fully saturated rings. The molecule has 8 nitrogen and oxygen atoms in total. The molecule has 0 aliphatic heterocycles. The molecule has 0 aromatic carbocycles. The van der Waals surface area contributed by atoms with Crippen LogP contribution in [0.1, 0.15) is 23.6 Å². The molecule has 14 heavy (non-hydrogen) atoms. The lowest BCUT2D eigenvalue weighted by Gasteiger charge is -2.00. The van der Waals surface area contributed by atoms with Gasteiger partial charge in [0, 0.05) is 11.8 Å². The van der Waals surface area contributed by atoms with Crippen molar-refractivity contribution in [2.24, 2.45) is 0 Å². The molecule has 1 aromatic heterocycles. The Balaban J connectivity index is 2.88. The van der Waals surface area contributed by atoms with Gasteiger partial charge in [0.25, 0.3) is 0 Å². The number of ether oxygens (including phenoxy) is 1. The Morgan fingerprint density at radius 3 is 2.93 bits per heavy atom. The van der Waals surface area contributed by atoms with E-state index >= 15 is 0 Å². The van der Waals surface area contributed by atoms with E-state index in [-0.39, 0.29) is 5.69 Å². The summed E-state index contributed by atoms with van der Waals surface area (Å²) in [4.78, 5) is 20.7. The van der Waals surface area contributed by atoms with Crippen molar-refractivity contribution in [3.63, 3.8) is 0 Å². The number of aromatic nitrogens is 3. The average molecular weight is 200 g/mol. The smallest absolute Gasteiger partial charge is 0.360 e. The van der Waals surface area contributed by atoms with Crippen molar-refractivity contribution in [3.8, 4) is 0 Å². The van der Waals surface area contributed by atoms with Crippen LogP contribution in [0.25, 0.3) is 0 Å². The van der Waals surface area contributed by atoms with Gasteiger partial charge in [-0.1, -0.05) is 5.21 Å². The number of hydrogen-bond donors (Lipinski definition) is 0. The van der Waals surface area contributed by atoms with Crippen molar-refractivity contribution in [1.29, 1.82) is 0 Å². The first-order chi connectivity index (χ1) is 6.56. The fourth-order valence-corrected chi connectivity index (χ4v) is 0.754. The van der Waals surface area contributed by atoms with Crippen LogP contribution < -0.4 is 0 Å². The number of carbonyl (C=O) groups excluding carboxylic acids is 1. The van der Waals surface area contributed by atoms with Crippen molar-refractivity contribution in [2.75, 3.05) is 7.11 Å². The van der Waals surface area contributed by atoms with Gasteiger partial charge in [0.05, 0.1) is 13.3 Å². The Hall–Kier alpha value is -1.99. The summed E-state index contributed by atoms with van der Waals surface area (Å²) in [7, 11) is 1.19. The number of nitrogens with zero attached hydrogens (tertiary/aromatic N) is 4. The summed E-state index contributed by atoms with van der Waals surface area (Å²) in [6.45, 7) is 1.33. The predicted molar refractivity (Wildman–Crippen MR) is 43.1 cm³/mol. The van der Waals surface area contributed by atoms with Crippen LogP contribution in [0.5, 0.6) is 0 Å². The van der Waals surface area contributed by atoms with Crippen molar-refractivity contribution in [2.45, 2.75) is 13.1 Å². The zero-order valence-corrected chi connectivity index (χ0v) is 7.58. The Labute approximate surface area is 78.6 Å². The van der Waals surface area contributed by atoms with Gasteiger partial charge in [-0.2, -0.15) is 4.68 Å². The Morgan fingerprint density at radius 2 is 2.43 bits per heavy atom. The first-order valence-corrected chi connectivity index (χ1v) is 3.70. The summed E-state index contributed by atoms with van der Waals surface area (Å²) in [6, 6.07) is 0. The molecular weight excluding hydrogens is 192 g/mol. The molecule has 0 N–H and O–H groups in total. The van der Waals surface area contributed by atoms with Crippen molar-refractivity contribution in [1.82, 2.24) is 15.0 Å². The maximum absolute atomic E-state index is 10.9. The molecule has 1 aromatic rings. The quantitative estimate of drug-likeness (QED) is 0.382. The van der Waals surface area contributed by atoms with E-state index in [1.54, 1.807) is 0 Å². The monoisotopic (exact) mass is 200 g/mol. The van der Waals surface area contributed by atoms with E-state index in [4.69, 9.17) is 0 Å². The number of rotatable bonds is 3. The van der Waals surface area contributed by atoms with E-state index in [2.05, 4.69) is 15.0 Å². The van der Waals surface area contributed by atoms with E-state index < -0.39 is 17.1 Å². The second kappa shape index (κ2) is 3.81. The zero-order chi connectivity index (χ0) is 10.7. The predicted octanol–water partition coefficient (Wildman–Crippen LogP) is -0.140. The molecule has 0 spiro atoms. The Morgan fingerprint density at radius 1 is 1.79 bits per heavy atom. The fraction of sp³-hybridized carbons (Fsp3) is 0.500. The summed E-state index contributed by atoms with van der Waals surface area (Å²) >= 11 is 0. The van der Waals surface area contributed by atoms with E-state index in [1.165, 1.54) is 20.2 Å². The molecule has 0 aliphatic rings. The standard InChI is InChI=1S/C6H8N4O4/c1-4(10(12)13)9-3-5(7-8-9)6(11)14-2/h3-4H,1-2H3. The topological polar surface area (TPSA) is 100 Å². The molecule has 0 radical (unpaired) electrons. The normalized spacial score (nSPS) is 12.1. The molecule has 0 amide bonds. The highest BCUT2D eigenvalue weighted by atomic mass is 16.6.